The number of nitrogens with zero attached hydrogens (tertiary/aromatic N) is 2. The van der Waals surface area contributed by atoms with E-state index in [0.717, 1.165) is 56.4 Å². The molecule has 0 radical (unpaired) electrons. The van der Waals surface area contributed by atoms with Gasteiger partial charge in [0.2, 0.25) is 0 Å². The molecule has 5 nitrogen and oxygen atoms in total. The Hall–Kier alpha value is -0.790. The van der Waals surface area contributed by atoms with Gasteiger partial charge in [-0.15, -0.1) is 11.8 Å². The topological polar surface area (TPSA) is 48.0 Å². The number of para-hydroxylation sites is 1. The van der Waals surface area contributed by atoms with E-state index in [2.05, 4.69) is 46.4 Å². The molecule has 0 aliphatic carbocycles. The highest BCUT2D eigenvalue weighted by molar-refractivity contribution is 7.99. The number of aliphatic hydroxyl groups excluding tert-OH is 1. The second kappa shape index (κ2) is 10.5. The molecule has 1 saturated heterocycles. The molecule has 26 heavy (non-hydrogen) atoms. The van der Waals surface area contributed by atoms with Gasteiger partial charge in [-0.2, -0.15) is 0 Å². The predicted molar refractivity (Wildman–Crippen MR) is 109 cm³/mol. The molecule has 2 aliphatic heterocycles. The van der Waals surface area contributed by atoms with Crippen LogP contribution in [0, 0.1) is 0 Å². The Morgan fingerprint density at radius 3 is 3.12 bits per heavy atom. The number of ether oxygens (including phenoxy) is 1. The Morgan fingerprint density at radius 2 is 2.23 bits per heavy atom. The summed E-state index contributed by atoms with van der Waals surface area (Å²) in [6.45, 7) is 4.35. The first kappa shape index (κ1) is 20.0. The van der Waals surface area contributed by atoms with Gasteiger partial charge in [-0.05, 0) is 57.5 Å². The third kappa shape index (κ3) is 5.86. The molecule has 0 amide bonds. The summed E-state index contributed by atoms with van der Waals surface area (Å²) < 4.78 is 6.07. The molecule has 1 aromatic rings. The van der Waals surface area contributed by atoms with Crippen molar-refractivity contribution in [3.63, 3.8) is 0 Å². The standard InChI is InChI=1S/C20H33N3O2S/c1-22(13-18-14-26-16-23(18)15-24)11-5-4-10-21-12-19-9-8-17-6-2-3-7-20(17)25-19/h2-3,6-7,18-19,21,24H,4-5,8-16H2,1H3. The van der Waals surface area contributed by atoms with Crippen LogP contribution in [0.2, 0.25) is 0 Å². The number of aliphatic hydroxyl groups is 1. The smallest absolute Gasteiger partial charge is 0.122 e. The van der Waals surface area contributed by atoms with Gasteiger partial charge in [0, 0.05) is 30.8 Å². The molecule has 2 heterocycles. The van der Waals surface area contributed by atoms with E-state index >= 15 is 0 Å². The molecular formula is C20H33N3O2S. The minimum Gasteiger partial charge on any atom is -0.489 e. The van der Waals surface area contributed by atoms with Gasteiger partial charge in [-0.3, -0.25) is 4.90 Å². The van der Waals surface area contributed by atoms with Crippen molar-refractivity contribution >= 4 is 11.8 Å². The number of hydrogen-bond donors (Lipinski definition) is 2. The van der Waals surface area contributed by atoms with Gasteiger partial charge in [-0.25, -0.2) is 0 Å². The van der Waals surface area contributed by atoms with Gasteiger partial charge >= 0.3 is 0 Å². The van der Waals surface area contributed by atoms with Gasteiger partial charge in [0.25, 0.3) is 0 Å². The fourth-order valence-corrected chi connectivity index (χ4v) is 4.93. The monoisotopic (exact) mass is 379 g/mol. The summed E-state index contributed by atoms with van der Waals surface area (Å²) in [6, 6.07) is 8.89. The molecule has 3 rings (SSSR count). The zero-order valence-electron chi connectivity index (χ0n) is 15.9. The molecule has 0 bridgehead atoms. The van der Waals surface area contributed by atoms with E-state index in [1.54, 1.807) is 0 Å². The maximum absolute atomic E-state index is 9.36. The van der Waals surface area contributed by atoms with Gasteiger partial charge in [0.15, 0.2) is 0 Å². The lowest BCUT2D eigenvalue weighted by molar-refractivity contribution is 0.0869. The highest BCUT2D eigenvalue weighted by Crippen LogP contribution is 2.26. The molecule has 146 valence electrons. The van der Waals surface area contributed by atoms with Crippen molar-refractivity contribution in [1.29, 1.82) is 0 Å². The molecular weight excluding hydrogens is 346 g/mol. The SMILES string of the molecule is CN(CCCCNCC1CCc2ccccc2O1)CC1CSCN1CO. The lowest BCUT2D eigenvalue weighted by Gasteiger charge is -2.27. The van der Waals surface area contributed by atoms with E-state index in [4.69, 9.17) is 4.74 Å². The number of nitrogens with one attached hydrogen (secondary N) is 1. The highest BCUT2D eigenvalue weighted by Gasteiger charge is 2.25. The van der Waals surface area contributed by atoms with Crippen molar-refractivity contribution in [2.24, 2.45) is 0 Å². The first-order valence-corrected chi connectivity index (χ1v) is 11.0. The number of likely N-dealkylation sites (N-methyl/N-ethyl adjacent to an activating group) is 1. The third-order valence-electron chi connectivity index (χ3n) is 5.31. The Balaban J connectivity index is 1.23. The second-order valence-electron chi connectivity index (χ2n) is 7.44. The number of unbranched alkanes of at least 4 members (excludes halogenated alkanes) is 1. The van der Waals surface area contributed by atoms with Crippen LogP contribution in [0.3, 0.4) is 0 Å². The van der Waals surface area contributed by atoms with Gasteiger partial charge in [0.05, 0.1) is 6.73 Å². The van der Waals surface area contributed by atoms with Crippen LogP contribution in [0.25, 0.3) is 0 Å². The van der Waals surface area contributed by atoms with Crippen LogP contribution < -0.4 is 10.1 Å². The average molecular weight is 380 g/mol. The summed E-state index contributed by atoms with van der Waals surface area (Å²) in [5.74, 6) is 3.16. The van der Waals surface area contributed by atoms with E-state index in [1.165, 1.54) is 18.4 Å². The fraction of sp³-hybridized carbons (Fsp3) is 0.700. The van der Waals surface area contributed by atoms with Crippen LogP contribution in [0.4, 0.5) is 0 Å². The number of rotatable bonds is 10. The van der Waals surface area contributed by atoms with Crippen molar-refractivity contribution in [3.8, 4) is 5.75 Å². The first-order valence-electron chi connectivity index (χ1n) is 9.82. The minimum atomic E-state index is 0.184. The van der Waals surface area contributed by atoms with E-state index < -0.39 is 0 Å². The zero-order chi connectivity index (χ0) is 18.2. The Labute approximate surface area is 162 Å². The lowest BCUT2D eigenvalue weighted by atomic mass is 10.0. The summed E-state index contributed by atoms with van der Waals surface area (Å²) in [5.41, 5.74) is 1.34. The summed E-state index contributed by atoms with van der Waals surface area (Å²) in [6.07, 6.45) is 4.93. The number of thioether (sulfide) groups is 1. The summed E-state index contributed by atoms with van der Waals surface area (Å²) in [5, 5.41) is 12.9. The van der Waals surface area contributed by atoms with Crippen LogP contribution in [0.1, 0.15) is 24.8 Å². The molecule has 2 N–H and O–H groups in total. The molecule has 0 saturated carbocycles. The number of aryl methyl sites for hydroxylation is 1. The fourth-order valence-electron chi connectivity index (χ4n) is 3.71. The lowest BCUT2D eigenvalue weighted by Crippen LogP contribution is -2.41. The molecule has 2 aliphatic rings. The Morgan fingerprint density at radius 1 is 1.35 bits per heavy atom. The summed E-state index contributed by atoms with van der Waals surface area (Å²) in [7, 11) is 2.19. The third-order valence-corrected chi connectivity index (χ3v) is 6.44. The largest absolute Gasteiger partial charge is 0.489 e. The molecule has 6 heteroatoms. The molecule has 1 fully saturated rings. The zero-order valence-corrected chi connectivity index (χ0v) is 16.7. The van der Waals surface area contributed by atoms with Crippen LogP contribution >= 0.6 is 11.8 Å². The molecule has 2 unspecified atom stereocenters. The Kier molecular flexibility index (Phi) is 8.08. The molecule has 1 aromatic carbocycles. The predicted octanol–water partition coefficient (Wildman–Crippen LogP) is 2.01. The summed E-state index contributed by atoms with van der Waals surface area (Å²) in [4.78, 5) is 4.56. The van der Waals surface area contributed by atoms with Crippen molar-refractivity contribution in [1.82, 2.24) is 15.1 Å². The molecule has 2 atom stereocenters. The molecule has 0 spiro atoms. The van der Waals surface area contributed by atoms with E-state index in [9.17, 15) is 5.11 Å². The number of fused-ring (bicyclic) bond motifs is 1. The second-order valence-corrected chi connectivity index (χ2v) is 8.44. The van der Waals surface area contributed by atoms with E-state index in [0.29, 0.717) is 12.1 Å². The van der Waals surface area contributed by atoms with Gasteiger partial charge in [0.1, 0.15) is 11.9 Å². The van der Waals surface area contributed by atoms with E-state index in [-0.39, 0.29) is 6.73 Å². The summed E-state index contributed by atoms with van der Waals surface area (Å²) >= 11 is 1.92. The maximum Gasteiger partial charge on any atom is 0.122 e. The average Bonchev–Trinajstić information content (AvgIpc) is 3.11. The number of benzene rings is 1. The minimum absolute atomic E-state index is 0.184. The van der Waals surface area contributed by atoms with Crippen LogP contribution in [-0.2, 0) is 6.42 Å². The van der Waals surface area contributed by atoms with Crippen molar-refractivity contribution in [2.75, 3.05) is 51.6 Å². The van der Waals surface area contributed by atoms with Crippen LogP contribution in [-0.4, -0.2) is 78.6 Å². The van der Waals surface area contributed by atoms with Crippen molar-refractivity contribution in [2.45, 2.75) is 37.8 Å². The normalized spacial score (nSPS) is 23.2. The van der Waals surface area contributed by atoms with Crippen LogP contribution in [0.5, 0.6) is 5.75 Å². The first-order chi connectivity index (χ1) is 12.8. The van der Waals surface area contributed by atoms with E-state index in [1.807, 2.05) is 11.8 Å². The molecule has 0 aromatic heterocycles. The van der Waals surface area contributed by atoms with Crippen molar-refractivity contribution < 1.29 is 9.84 Å². The quantitative estimate of drug-likeness (QED) is 0.607. The highest BCUT2D eigenvalue weighted by atomic mass is 32.2. The Bertz CT molecular complexity index is 546. The number of hydrogen-bond acceptors (Lipinski definition) is 6. The van der Waals surface area contributed by atoms with Gasteiger partial charge < -0.3 is 20.1 Å². The van der Waals surface area contributed by atoms with Gasteiger partial charge in [-0.1, -0.05) is 18.2 Å². The maximum atomic E-state index is 9.36. The van der Waals surface area contributed by atoms with Crippen LogP contribution in [0.15, 0.2) is 24.3 Å². The van der Waals surface area contributed by atoms with Crippen molar-refractivity contribution in [3.05, 3.63) is 29.8 Å².